The van der Waals surface area contributed by atoms with Gasteiger partial charge in [-0.2, -0.15) is 0 Å². The molecule has 1 atom stereocenters. The van der Waals surface area contributed by atoms with Crippen molar-refractivity contribution in [1.82, 2.24) is 16.0 Å². The van der Waals surface area contributed by atoms with E-state index in [1.54, 1.807) is 0 Å². The van der Waals surface area contributed by atoms with Gasteiger partial charge in [0.2, 0.25) is 5.91 Å². The third-order valence-electron chi connectivity index (χ3n) is 2.80. The maximum absolute atomic E-state index is 11.3. The van der Waals surface area contributed by atoms with E-state index in [1.807, 2.05) is 0 Å². The molecule has 0 radical (unpaired) electrons. The molecule has 1 fully saturated rings. The smallest absolute Gasteiger partial charge is 0.332 e. The van der Waals surface area contributed by atoms with Crippen LogP contribution in [-0.2, 0) is 9.59 Å². The fourth-order valence-electron chi connectivity index (χ4n) is 1.49. The highest BCUT2D eigenvalue weighted by Gasteiger charge is 2.22. The SMILES string of the molecule is O=C(CCCNC(=O)NCCC(O)C(=O)O)NC1CC1. The molecule has 0 bridgehead atoms. The first-order valence-corrected chi connectivity index (χ1v) is 6.71. The number of hydrogen-bond acceptors (Lipinski definition) is 4. The van der Waals surface area contributed by atoms with Crippen molar-refractivity contribution in [3.63, 3.8) is 0 Å². The Hall–Kier alpha value is -1.83. The zero-order valence-corrected chi connectivity index (χ0v) is 11.2. The van der Waals surface area contributed by atoms with Gasteiger partial charge in [-0.05, 0) is 19.3 Å². The quantitative estimate of drug-likeness (QED) is 0.354. The largest absolute Gasteiger partial charge is 0.479 e. The van der Waals surface area contributed by atoms with Crippen molar-refractivity contribution in [3.05, 3.63) is 0 Å². The molecular formula is C12H21N3O5. The topological polar surface area (TPSA) is 128 Å². The van der Waals surface area contributed by atoms with Gasteiger partial charge in [0.05, 0.1) is 0 Å². The number of urea groups is 1. The highest BCUT2D eigenvalue weighted by Crippen LogP contribution is 2.18. The molecule has 8 heteroatoms. The molecule has 0 spiro atoms. The van der Waals surface area contributed by atoms with E-state index in [4.69, 9.17) is 10.2 Å². The summed E-state index contributed by atoms with van der Waals surface area (Å²) in [6, 6.07) is -0.0930. The van der Waals surface area contributed by atoms with E-state index >= 15 is 0 Å². The van der Waals surface area contributed by atoms with Gasteiger partial charge in [0.15, 0.2) is 6.10 Å². The minimum atomic E-state index is -1.47. The first-order valence-electron chi connectivity index (χ1n) is 6.71. The van der Waals surface area contributed by atoms with Crippen LogP contribution in [0.4, 0.5) is 4.79 Å². The van der Waals surface area contributed by atoms with Crippen molar-refractivity contribution < 1.29 is 24.6 Å². The molecule has 0 heterocycles. The summed E-state index contributed by atoms with van der Waals surface area (Å²) >= 11 is 0. The lowest BCUT2D eigenvalue weighted by molar-refractivity contribution is -0.146. The number of carboxylic acids is 1. The Balaban J connectivity index is 1.94. The summed E-state index contributed by atoms with van der Waals surface area (Å²) in [4.78, 5) is 32.9. The Bertz CT molecular complexity index is 357. The maximum atomic E-state index is 11.3. The highest BCUT2D eigenvalue weighted by molar-refractivity contribution is 5.77. The van der Waals surface area contributed by atoms with Crippen molar-refractivity contribution in [2.45, 2.75) is 44.2 Å². The molecule has 1 aliphatic carbocycles. The average molecular weight is 287 g/mol. The summed E-state index contributed by atoms with van der Waals surface area (Å²) < 4.78 is 0. The zero-order chi connectivity index (χ0) is 15.0. The highest BCUT2D eigenvalue weighted by atomic mass is 16.4. The van der Waals surface area contributed by atoms with E-state index in [0.717, 1.165) is 12.8 Å². The fourth-order valence-corrected chi connectivity index (χ4v) is 1.49. The van der Waals surface area contributed by atoms with Crippen LogP contribution in [0.1, 0.15) is 32.1 Å². The Morgan fingerprint density at radius 1 is 1.15 bits per heavy atom. The minimum Gasteiger partial charge on any atom is -0.479 e. The van der Waals surface area contributed by atoms with Gasteiger partial charge < -0.3 is 26.2 Å². The number of aliphatic hydroxyl groups is 1. The Morgan fingerprint density at radius 2 is 1.80 bits per heavy atom. The molecule has 1 rings (SSSR count). The van der Waals surface area contributed by atoms with E-state index in [-0.39, 0.29) is 18.9 Å². The van der Waals surface area contributed by atoms with Crippen LogP contribution in [0, 0.1) is 0 Å². The van der Waals surface area contributed by atoms with Crippen LogP contribution >= 0.6 is 0 Å². The lowest BCUT2D eigenvalue weighted by atomic mass is 10.2. The summed E-state index contributed by atoms with van der Waals surface area (Å²) in [5.74, 6) is -1.31. The molecule has 0 aromatic rings. The second-order valence-corrected chi connectivity index (χ2v) is 4.77. The van der Waals surface area contributed by atoms with Crippen LogP contribution in [0.3, 0.4) is 0 Å². The standard InChI is InChI=1S/C12H21N3O5/c16-9(11(18)19)5-7-14-12(20)13-6-1-2-10(17)15-8-3-4-8/h8-9,16H,1-7H2,(H,15,17)(H,18,19)(H2,13,14,20). The van der Waals surface area contributed by atoms with Crippen molar-refractivity contribution in [2.24, 2.45) is 0 Å². The fraction of sp³-hybridized carbons (Fsp3) is 0.750. The lowest BCUT2D eigenvalue weighted by Crippen LogP contribution is -2.38. The third-order valence-corrected chi connectivity index (χ3v) is 2.80. The average Bonchev–Trinajstić information content (AvgIpc) is 3.18. The molecule has 1 aliphatic rings. The molecule has 5 N–H and O–H groups in total. The molecule has 0 aromatic carbocycles. The molecule has 0 aromatic heterocycles. The number of amides is 3. The van der Waals surface area contributed by atoms with Crippen LogP contribution < -0.4 is 16.0 Å². The van der Waals surface area contributed by atoms with Crippen LogP contribution in [0.25, 0.3) is 0 Å². The molecule has 3 amide bonds. The van der Waals surface area contributed by atoms with Gasteiger partial charge in [-0.25, -0.2) is 9.59 Å². The van der Waals surface area contributed by atoms with Gasteiger partial charge in [-0.3, -0.25) is 4.79 Å². The first-order chi connectivity index (χ1) is 9.49. The Kier molecular flexibility index (Phi) is 6.78. The molecule has 20 heavy (non-hydrogen) atoms. The van der Waals surface area contributed by atoms with Crippen LogP contribution in [0.15, 0.2) is 0 Å². The number of carbonyl (C=O) groups excluding carboxylic acids is 2. The van der Waals surface area contributed by atoms with Gasteiger partial charge in [0, 0.05) is 32.0 Å². The number of aliphatic carboxylic acids is 1. The summed E-state index contributed by atoms with van der Waals surface area (Å²) in [6.45, 7) is 0.437. The van der Waals surface area contributed by atoms with Crippen LogP contribution in [0.2, 0.25) is 0 Å². The van der Waals surface area contributed by atoms with Gasteiger partial charge in [0.25, 0.3) is 0 Å². The maximum Gasteiger partial charge on any atom is 0.332 e. The number of carboxylic acid groups (broad SMARTS) is 1. The molecular weight excluding hydrogens is 266 g/mol. The van der Waals surface area contributed by atoms with E-state index in [9.17, 15) is 14.4 Å². The van der Waals surface area contributed by atoms with E-state index in [2.05, 4.69) is 16.0 Å². The third kappa shape index (κ3) is 7.57. The second kappa shape index (κ2) is 8.36. The van der Waals surface area contributed by atoms with Crippen LogP contribution in [0.5, 0.6) is 0 Å². The Morgan fingerprint density at radius 3 is 2.40 bits per heavy atom. The first kappa shape index (κ1) is 16.2. The number of carbonyl (C=O) groups is 3. The van der Waals surface area contributed by atoms with Crippen LogP contribution in [-0.4, -0.2) is 53.4 Å². The predicted octanol–water partition coefficient (Wildman–Crippen LogP) is -0.820. The van der Waals surface area contributed by atoms with Crippen molar-refractivity contribution in [1.29, 1.82) is 0 Å². The zero-order valence-electron chi connectivity index (χ0n) is 11.2. The molecule has 8 nitrogen and oxygen atoms in total. The van der Waals surface area contributed by atoms with E-state index < -0.39 is 18.1 Å². The van der Waals surface area contributed by atoms with Gasteiger partial charge in [-0.15, -0.1) is 0 Å². The number of rotatable bonds is 9. The van der Waals surface area contributed by atoms with Gasteiger partial charge >= 0.3 is 12.0 Å². The second-order valence-electron chi connectivity index (χ2n) is 4.77. The number of hydrogen-bond donors (Lipinski definition) is 5. The molecule has 1 unspecified atom stereocenters. The summed E-state index contributed by atoms with van der Waals surface area (Å²) in [7, 11) is 0. The van der Waals surface area contributed by atoms with E-state index in [1.165, 1.54) is 0 Å². The minimum absolute atomic E-state index is 0.000659. The monoisotopic (exact) mass is 287 g/mol. The lowest BCUT2D eigenvalue weighted by Gasteiger charge is -2.09. The van der Waals surface area contributed by atoms with Crippen molar-refractivity contribution in [2.75, 3.05) is 13.1 Å². The Labute approximate surface area is 116 Å². The van der Waals surface area contributed by atoms with Crippen molar-refractivity contribution >= 4 is 17.9 Å². The normalized spacial score (nSPS) is 15.2. The molecule has 0 saturated heterocycles. The molecule has 114 valence electrons. The summed E-state index contributed by atoms with van der Waals surface area (Å²) in [5.41, 5.74) is 0. The summed E-state index contributed by atoms with van der Waals surface area (Å²) in [6.07, 6.45) is 1.50. The summed E-state index contributed by atoms with van der Waals surface area (Å²) in [5, 5.41) is 25.2. The molecule has 0 aliphatic heterocycles. The number of aliphatic hydroxyl groups excluding tert-OH is 1. The molecule has 1 saturated carbocycles. The van der Waals surface area contributed by atoms with Crippen molar-refractivity contribution in [3.8, 4) is 0 Å². The van der Waals surface area contributed by atoms with Gasteiger partial charge in [-0.1, -0.05) is 0 Å². The predicted molar refractivity (Wildman–Crippen MR) is 70.1 cm³/mol. The van der Waals surface area contributed by atoms with E-state index in [0.29, 0.717) is 25.4 Å². The van der Waals surface area contributed by atoms with Gasteiger partial charge in [0.1, 0.15) is 0 Å². The number of nitrogens with one attached hydrogen (secondary N) is 3.